The average Bonchev–Trinajstić information content (AvgIpc) is 1.08. The van der Waals surface area contributed by atoms with Gasteiger partial charge in [-0.25, -0.2) is 29.2 Å². The van der Waals surface area contributed by atoms with Crippen LogP contribution in [-0.2, 0) is 78.0 Å². The molecule has 0 saturated heterocycles. The molecular formula is C75H102N12O16S3. The predicted molar refractivity (Wildman–Crippen MR) is 405 cm³/mol. The lowest BCUT2D eigenvalue weighted by Crippen LogP contribution is -2.60. The number of carbonyl (C=O) groups excluding carboxylic acids is 7. The molecular weight excluding hydrogens is 1420 g/mol. The van der Waals surface area contributed by atoms with E-state index in [2.05, 4.69) is 66.1 Å². The molecule has 0 aliphatic rings. The van der Waals surface area contributed by atoms with Crippen LogP contribution in [0.4, 0.5) is 19.2 Å². The van der Waals surface area contributed by atoms with E-state index >= 15 is 0 Å². The topological polar surface area (TPSA) is 392 Å². The summed E-state index contributed by atoms with van der Waals surface area (Å²) in [7, 11) is -0.555. The normalized spacial score (nSPS) is 13.7. The molecule has 31 heteroatoms. The van der Waals surface area contributed by atoms with Crippen LogP contribution in [0.25, 0.3) is 11.3 Å². The quantitative estimate of drug-likeness (QED) is 0.0109. The van der Waals surface area contributed by atoms with E-state index in [1.54, 1.807) is 62.1 Å². The zero-order valence-corrected chi connectivity index (χ0v) is 64.5. The molecule has 0 aliphatic carbocycles. The van der Waals surface area contributed by atoms with E-state index < -0.39 is 99.8 Å². The maximum atomic E-state index is 13.9. The molecule has 8 atom stereocenters. The Morgan fingerprint density at radius 3 is 1.58 bits per heavy atom. The summed E-state index contributed by atoms with van der Waals surface area (Å²) < 4.78 is 46.5. The van der Waals surface area contributed by atoms with E-state index in [0.29, 0.717) is 25.3 Å². The van der Waals surface area contributed by atoms with Gasteiger partial charge in [0.15, 0.2) is 0 Å². The summed E-state index contributed by atoms with van der Waals surface area (Å²) in [6, 6.07) is 36.6. The van der Waals surface area contributed by atoms with Gasteiger partial charge in [-0.2, -0.15) is 8.42 Å². The molecule has 28 nitrogen and oxygen atoms in total. The van der Waals surface area contributed by atoms with Crippen LogP contribution in [0.5, 0.6) is 0 Å². The zero-order valence-electron chi connectivity index (χ0n) is 62.1. The number of urea groups is 1. The van der Waals surface area contributed by atoms with Gasteiger partial charge in [0, 0.05) is 55.4 Å². The standard InChI is InChI=1S/C38H52N6O7.C37H48N6O5S2.H2O4S/c1-37(2,3)31(41-35(48)50-7)33(46)40-29(22-25-14-10-9-11-15-25)30(45)24-44(43-34(47)32(38(4,5)6)42-36(49)51-8)23-26-17-19-27(20-18-26)28-16-12-13-21-39-28;1-24(2)33(42-36(46)43(5)20-29-22-49-35(40-29)25(3)4)34(45)39-28(16-26-12-8-6-9-13-26)18-32(44)31(17-27-14-10-7-11-15-27)41-37(47)48-21-30-19-38-23-50-30;1-5(2,3)4/h9-21,29-32,45H,22-24H2,1-8H3,(H,40,46)(H,41,48)(H,42,49)(H,43,47);6-15,19,22-25,28,31-33,44H,16-18,20-21H2,1-5H3,(H,39,45)(H,41,47)(H,42,46);(H2,1,2,3,4)/t29-,30-,31+,32+;28-,31-,32-,33-;/m00./s1. The molecule has 576 valence electrons. The number of benzene rings is 4. The molecule has 3 aromatic heterocycles. The van der Waals surface area contributed by atoms with Gasteiger partial charge in [-0.3, -0.25) is 38.9 Å². The second-order valence-corrected chi connectivity index (χ2v) is 30.8. The zero-order chi connectivity index (χ0) is 78.3. The minimum Gasteiger partial charge on any atom is -0.453 e. The van der Waals surface area contributed by atoms with Crippen molar-refractivity contribution in [3.05, 3.63) is 195 Å². The average molecular weight is 1520 g/mol. The summed E-state index contributed by atoms with van der Waals surface area (Å²) in [5.74, 6) is -1.31. The third kappa shape index (κ3) is 31.7. The van der Waals surface area contributed by atoms with Crippen LogP contribution in [0.15, 0.2) is 157 Å². The van der Waals surface area contributed by atoms with E-state index in [1.807, 2.05) is 173 Å². The van der Waals surface area contributed by atoms with Crippen molar-refractivity contribution in [1.82, 2.24) is 62.2 Å². The number of hydrogen-bond acceptors (Lipinski definition) is 20. The van der Waals surface area contributed by atoms with Gasteiger partial charge in [0.05, 0.1) is 71.8 Å². The van der Waals surface area contributed by atoms with Gasteiger partial charge in [0.2, 0.25) is 11.8 Å². The fourth-order valence-electron chi connectivity index (χ4n) is 10.8. The summed E-state index contributed by atoms with van der Waals surface area (Å²) in [4.78, 5) is 107. The van der Waals surface area contributed by atoms with Gasteiger partial charge < -0.3 is 61.2 Å². The van der Waals surface area contributed by atoms with Gasteiger partial charge in [-0.05, 0) is 76.8 Å². The van der Waals surface area contributed by atoms with Crippen LogP contribution in [0.3, 0.4) is 0 Å². The Morgan fingerprint density at radius 1 is 0.585 bits per heavy atom. The molecule has 106 heavy (non-hydrogen) atoms. The lowest BCUT2D eigenvalue weighted by Gasteiger charge is -2.35. The number of aliphatic hydroxyl groups excluding tert-OH is 2. The number of hydrogen-bond donors (Lipinski definition) is 11. The van der Waals surface area contributed by atoms with Gasteiger partial charge in [0.25, 0.3) is 5.91 Å². The van der Waals surface area contributed by atoms with Crippen molar-refractivity contribution in [2.45, 2.75) is 169 Å². The fourth-order valence-corrected chi connectivity index (χ4v) is 12.1. The van der Waals surface area contributed by atoms with Crippen LogP contribution < -0.4 is 37.3 Å². The first kappa shape index (κ1) is 87.2. The highest BCUT2D eigenvalue weighted by Crippen LogP contribution is 2.25. The van der Waals surface area contributed by atoms with Crippen LogP contribution >= 0.6 is 22.7 Å². The first-order chi connectivity index (χ1) is 50.0. The van der Waals surface area contributed by atoms with E-state index in [-0.39, 0.29) is 50.4 Å². The summed E-state index contributed by atoms with van der Waals surface area (Å²) in [5.41, 5.74) is 9.23. The second kappa shape index (κ2) is 42.6. The number of amides is 8. The number of alkyl carbamates (subject to hydrolysis) is 3. The molecule has 8 amide bonds. The molecule has 3 heterocycles. The highest BCUT2D eigenvalue weighted by Gasteiger charge is 2.38. The van der Waals surface area contributed by atoms with Crippen LogP contribution in [-0.4, -0.2) is 171 Å². The molecule has 4 aromatic carbocycles. The monoisotopic (exact) mass is 1520 g/mol. The van der Waals surface area contributed by atoms with Gasteiger partial charge in [-0.15, -0.1) is 22.7 Å². The Balaban J connectivity index is 0.000000357. The van der Waals surface area contributed by atoms with Crippen LogP contribution in [0.1, 0.15) is 119 Å². The lowest BCUT2D eigenvalue weighted by molar-refractivity contribution is -0.132. The molecule has 11 N–H and O–H groups in total. The summed E-state index contributed by atoms with van der Waals surface area (Å²) in [5, 5.41) is 45.1. The molecule has 0 fully saturated rings. The van der Waals surface area contributed by atoms with E-state index in [0.717, 1.165) is 49.1 Å². The van der Waals surface area contributed by atoms with Gasteiger partial charge >= 0.3 is 34.7 Å². The van der Waals surface area contributed by atoms with Crippen molar-refractivity contribution in [2.24, 2.45) is 16.7 Å². The molecule has 0 radical (unpaired) electrons. The van der Waals surface area contributed by atoms with Crippen molar-refractivity contribution in [2.75, 3.05) is 27.8 Å². The predicted octanol–water partition coefficient (Wildman–Crippen LogP) is 9.46. The number of thiazole rings is 2. The number of hydrazine groups is 1. The number of ether oxygens (including phenoxy) is 3. The van der Waals surface area contributed by atoms with E-state index in [9.17, 15) is 43.8 Å². The maximum absolute atomic E-state index is 13.9. The van der Waals surface area contributed by atoms with Crippen molar-refractivity contribution in [1.29, 1.82) is 0 Å². The molecule has 7 rings (SSSR count). The number of methoxy groups -OCH3 is 2. The van der Waals surface area contributed by atoms with Crippen molar-refractivity contribution in [3.63, 3.8) is 0 Å². The van der Waals surface area contributed by atoms with Crippen molar-refractivity contribution in [3.8, 4) is 11.3 Å². The van der Waals surface area contributed by atoms with Crippen molar-refractivity contribution < 1.29 is 75.5 Å². The Morgan fingerprint density at radius 2 is 1.10 bits per heavy atom. The lowest BCUT2D eigenvalue weighted by atomic mass is 9.85. The molecule has 0 unspecified atom stereocenters. The highest BCUT2D eigenvalue weighted by atomic mass is 32.3. The highest BCUT2D eigenvalue weighted by molar-refractivity contribution is 7.79. The summed E-state index contributed by atoms with van der Waals surface area (Å²) in [6.45, 7) is 19.2. The van der Waals surface area contributed by atoms with E-state index in [1.165, 1.54) is 30.5 Å². The summed E-state index contributed by atoms with van der Waals surface area (Å²) >= 11 is 2.95. The third-order valence-electron chi connectivity index (χ3n) is 16.3. The minimum absolute atomic E-state index is 0.0671. The number of nitrogens with zero attached hydrogens (tertiary/aromatic N) is 5. The van der Waals surface area contributed by atoms with Gasteiger partial charge in [-0.1, -0.05) is 191 Å². The number of pyridine rings is 1. The first-order valence-electron chi connectivity index (χ1n) is 34.3. The molecule has 0 aliphatic heterocycles. The maximum Gasteiger partial charge on any atom is 0.407 e. The Labute approximate surface area is 628 Å². The number of aromatic nitrogens is 3. The Hall–Kier alpha value is -9.47. The third-order valence-corrected chi connectivity index (χ3v) is 18.3. The smallest absolute Gasteiger partial charge is 0.407 e. The van der Waals surface area contributed by atoms with Gasteiger partial charge in [0.1, 0.15) is 24.7 Å². The Bertz CT molecular complexity index is 3940. The molecule has 7 aromatic rings. The van der Waals surface area contributed by atoms with Crippen LogP contribution in [0, 0.1) is 16.7 Å². The van der Waals surface area contributed by atoms with Crippen molar-refractivity contribution >= 4 is 75.1 Å². The molecule has 0 saturated carbocycles. The number of carbonyl (C=O) groups is 7. The SMILES string of the molecule is CC(C)c1nc(CN(C)C(=O)N[C@H](C(=O)N[C@@H](Cc2ccccc2)C[C@H](O)[C@H](Cc2ccccc2)NC(=O)OCc2cncs2)C(C)C)cs1.COC(=O)N[C@H](C(=O)N[C@@H](Cc1ccccc1)[C@@H](O)CN(Cc1ccc(-c2ccccn2)cc1)NC(=O)[C@@H](NC(=O)OC)C(C)(C)C)C(C)(C)C.O=S(=O)(O)O. The first-order valence-corrected chi connectivity index (χ1v) is 37.4. The molecule has 0 spiro atoms. The number of aliphatic hydroxyl groups is 2. The summed E-state index contributed by atoms with van der Waals surface area (Å²) in [6.07, 6.45) is 0.0578. The van der Waals surface area contributed by atoms with E-state index in [4.69, 9.17) is 31.7 Å². The second-order valence-electron chi connectivity index (χ2n) is 28.0. The fraction of sp³-hybridized carbons (Fsp3) is 0.440. The number of rotatable bonds is 31. The molecule has 0 bridgehead atoms. The number of nitrogens with one attached hydrogen (secondary N) is 7. The Kier molecular flexibility index (Phi) is 35.0. The minimum atomic E-state index is -4.67. The van der Waals surface area contributed by atoms with Crippen LogP contribution in [0.2, 0.25) is 0 Å². The largest absolute Gasteiger partial charge is 0.453 e.